The maximum Gasteiger partial charge on any atom is 0.128 e. The number of rotatable bonds is 3. The van der Waals surface area contributed by atoms with Crippen LogP contribution in [0, 0.1) is 14.9 Å². The Morgan fingerprint density at radius 3 is 2.83 bits per heavy atom. The van der Waals surface area contributed by atoms with Gasteiger partial charge in [-0.25, -0.2) is 0 Å². The second-order valence-electron chi connectivity index (χ2n) is 4.02. The van der Waals surface area contributed by atoms with Gasteiger partial charge in [-0.1, -0.05) is 25.5 Å². The van der Waals surface area contributed by atoms with Gasteiger partial charge in [0.25, 0.3) is 0 Å². The van der Waals surface area contributed by atoms with E-state index in [1.807, 2.05) is 6.07 Å². The van der Waals surface area contributed by atoms with Crippen LogP contribution in [0.25, 0.3) is 10.4 Å². The zero-order valence-electron chi connectivity index (χ0n) is 10.0. The third-order valence-electron chi connectivity index (χ3n) is 2.74. The number of nitrogen functional groups attached to an aromatic ring is 1. The average molecular weight is 368 g/mol. The van der Waals surface area contributed by atoms with Crippen LogP contribution in [0.15, 0.2) is 24.3 Å². The van der Waals surface area contributed by atoms with Crippen LogP contribution in [0.5, 0.6) is 0 Å². The Hall–Kier alpha value is -1.06. The summed E-state index contributed by atoms with van der Waals surface area (Å²) in [5.74, 6) is 0. The lowest BCUT2D eigenvalue weighted by molar-refractivity contribution is 0.930. The van der Waals surface area contributed by atoms with Gasteiger partial charge in [-0.05, 0) is 52.3 Å². The first kappa shape index (κ1) is 13.4. The molecule has 0 bridgehead atoms. The highest BCUT2D eigenvalue weighted by atomic mass is 127. The molecule has 0 radical (unpaired) electrons. The summed E-state index contributed by atoms with van der Waals surface area (Å²) < 4.78 is 1.19. The second-order valence-corrected chi connectivity index (χ2v) is 6.29. The van der Waals surface area contributed by atoms with Gasteiger partial charge >= 0.3 is 0 Å². The number of hydrogen-bond donors (Lipinski definition) is 1. The van der Waals surface area contributed by atoms with Crippen molar-refractivity contribution in [3.05, 3.63) is 38.3 Å². The SMILES string of the molecule is CCCc1c(-c2cccc(I)c2)sc(C#N)c1N. The number of anilines is 1. The van der Waals surface area contributed by atoms with Gasteiger partial charge in [0, 0.05) is 8.45 Å². The minimum atomic E-state index is 0.632. The largest absolute Gasteiger partial charge is 0.397 e. The van der Waals surface area contributed by atoms with E-state index in [-0.39, 0.29) is 0 Å². The first-order valence-electron chi connectivity index (χ1n) is 5.74. The molecule has 92 valence electrons. The molecule has 0 aliphatic carbocycles. The van der Waals surface area contributed by atoms with E-state index in [1.54, 1.807) is 0 Å². The van der Waals surface area contributed by atoms with E-state index in [0.717, 1.165) is 28.8 Å². The molecule has 0 fully saturated rings. The van der Waals surface area contributed by atoms with Crippen molar-refractivity contribution in [2.24, 2.45) is 0 Å². The van der Waals surface area contributed by atoms with Crippen molar-refractivity contribution in [1.29, 1.82) is 5.26 Å². The second kappa shape index (κ2) is 5.72. The van der Waals surface area contributed by atoms with Gasteiger partial charge in [0.2, 0.25) is 0 Å². The lowest BCUT2D eigenvalue weighted by Crippen LogP contribution is -1.93. The minimum Gasteiger partial charge on any atom is -0.397 e. The molecule has 0 amide bonds. The number of halogens is 1. The zero-order valence-corrected chi connectivity index (χ0v) is 13.0. The zero-order chi connectivity index (χ0) is 13.1. The number of nitrogens with zero attached hydrogens (tertiary/aromatic N) is 1. The number of nitriles is 1. The fourth-order valence-electron chi connectivity index (χ4n) is 1.92. The van der Waals surface area contributed by atoms with Crippen LogP contribution in [0.3, 0.4) is 0 Å². The van der Waals surface area contributed by atoms with Crippen LogP contribution in [0.2, 0.25) is 0 Å². The Morgan fingerprint density at radius 2 is 2.22 bits per heavy atom. The molecule has 0 saturated heterocycles. The minimum absolute atomic E-state index is 0.632. The molecule has 2 nitrogen and oxygen atoms in total. The van der Waals surface area contributed by atoms with E-state index in [4.69, 9.17) is 11.0 Å². The third kappa shape index (κ3) is 2.52. The molecule has 1 aromatic heterocycles. The van der Waals surface area contributed by atoms with Gasteiger partial charge in [-0.3, -0.25) is 0 Å². The average Bonchev–Trinajstić information content (AvgIpc) is 2.67. The Morgan fingerprint density at radius 1 is 1.44 bits per heavy atom. The molecule has 0 spiro atoms. The molecular weight excluding hydrogens is 355 g/mol. The maximum atomic E-state index is 9.10. The predicted octanol–water partition coefficient (Wildman–Crippen LogP) is 4.43. The fourth-order valence-corrected chi connectivity index (χ4v) is 3.53. The van der Waals surface area contributed by atoms with Crippen molar-refractivity contribution in [3.8, 4) is 16.5 Å². The van der Waals surface area contributed by atoms with Crippen LogP contribution in [0.4, 0.5) is 5.69 Å². The van der Waals surface area contributed by atoms with Gasteiger partial charge in [0.15, 0.2) is 0 Å². The van der Waals surface area contributed by atoms with Gasteiger partial charge < -0.3 is 5.73 Å². The van der Waals surface area contributed by atoms with Crippen LogP contribution in [-0.4, -0.2) is 0 Å². The summed E-state index contributed by atoms with van der Waals surface area (Å²) in [5.41, 5.74) is 9.01. The van der Waals surface area contributed by atoms with Crippen molar-refractivity contribution in [1.82, 2.24) is 0 Å². The highest BCUT2D eigenvalue weighted by Crippen LogP contribution is 2.39. The number of nitrogens with two attached hydrogens (primary N) is 1. The van der Waals surface area contributed by atoms with E-state index < -0.39 is 0 Å². The lowest BCUT2D eigenvalue weighted by atomic mass is 10.0. The summed E-state index contributed by atoms with van der Waals surface area (Å²) in [6.45, 7) is 2.13. The van der Waals surface area contributed by atoms with E-state index in [1.165, 1.54) is 14.9 Å². The monoisotopic (exact) mass is 368 g/mol. The van der Waals surface area contributed by atoms with E-state index in [9.17, 15) is 0 Å². The normalized spacial score (nSPS) is 10.3. The van der Waals surface area contributed by atoms with Crippen LogP contribution >= 0.6 is 33.9 Å². The molecule has 0 atom stereocenters. The molecule has 1 heterocycles. The van der Waals surface area contributed by atoms with Crippen LogP contribution in [0.1, 0.15) is 23.8 Å². The highest BCUT2D eigenvalue weighted by Gasteiger charge is 2.16. The van der Waals surface area contributed by atoms with Crippen molar-refractivity contribution in [2.45, 2.75) is 19.8 Å². The summed E-state index contributed by atoms with van der Waals surface area (Å²) in [6, 6.07) is 10.5. The van der Waals surface area contributed by atoms with Gasteiger partial charge in [0.05, 0.1) is 5.69 Å². The van der Waals surface area contributed by atoms with Crippen molar-refractivity contribution < 1.29 is 0 Å². The molecule has 4 heteroatoms. The molecule has 0 aliphatic rings. The smallest absolute Gasteiger partial charge is 0.128 e. The molecule has 18 heavy (non-hydrogen) atoms. The first-order chi connectivity index (χ1) is 8.67. The van der Waals surface area contributed by atoms with Crippen molar-refractivity contribution in [3.63, 3.8) is 0 Å². The van der Waals surface area contributed by atoms with Gasteiger partial charge in [0.1, 0.15) is 10.9 Å². The Kier molecular flexibility index (Phi) is 4.25. The molecule has 0 aliphatic heterocycles. The fraction of sp³-hybridized carbons (Fsp3) is 0.214. The van der Waals surface area contributed by atoms with E-state index in [2.05, 4.69) is 53.8 Å². The number of thiophene rings is 1. The number of benzene rings is 1. The maximum absolute atomic E-state index is 9.10. The van der Waals surface area contributed by atoms with E-state index >= 15 is 0 Å². The number of hydrogen-bond acceptors (Lipinski definition) is 3. The Bertz CT molecular complexity index is 611. The molecule has 2 N–H and O–H groups in total. The third-order valence-corrected chi connectivity index (χ3v) is 4.61. The predicted molar refractivity (Wildman–Crippen MR) is 85.6 cm³/mol. The summed E-state index contributed by atoms with van der Waals surface area (Å²) in [6.07, 6.45) is 1.95. The lowest BCUT2D eigenvalue weighted by Gasteiger charge is -2.04. The topological polar surface area (TPSA) is 49.8 Å². The summed E-state index contributed by atoms with van der Waals surface area (Å²) in [5, 5.41) is 9.10. The quantitative estimate of drug-likeness (QED) is 0.815. The van der Waals surface area contributed by atoms with Crippen molar-refractivity contribution in [2.75, 3.05) is 5.73 Å². The molecule has 2 aromatic rings. The summed E-state index contributed by atoms with van der Waals surface area (Å²) in [4.78, 5) is 1.77. The van der Waals surface area contributed by atoms with E-state index in [0.29, 0.717) is 10.6 Å². The molecule has 1 aromatic carbocycles. The Balaban J connectivity index is 2.60. The molecular formula is C14H13IN2S. The van der Waals surface area contributed by atoms with Gasteiger partial charge in [-0.2, -0.15) is 5.26 Å². The van der Waals surface area contributed by atoms with Crippen LogP contribution < -0.4 is 5.73 Å². The van der Waals surface area contributed by atoms with Crippen molar-refractivity contribution >= 4 is 39.6 Å². The molecule has 2 rings (SSSR count). The summed E-state index contributed by atoms with van der Waals surface area (Å²) >= 11 is 3.80. The highest BCUT2D eigenvalue weighted by molar-refractivity contribution is 14.1. The summed E-state index contributed by atoms with van der Waals surface area (Å²) in [7, 11) is 0. The standard InChI is InChI=1S/C14H13IN2S/c1-2-4-11-13(17)12(8-16)18-14(11)9-5-3-6-10(15)7-9/h3,5-7H,2,4,17H2,1H3. The van der Waals surface area contributed by atoms with Crippen LogP contribution in [-0.2, 0) is 6.42 Å². The Labute approximate surface area is 125 Å². The molecule has 0 unspecified atom stereocenters. The first-order valence-corrected chi connectivity index (χ1v) is 7.64. The van der Waals surface area contributed by atoms with Gasteiger partial charge in [-0.15, -0.1) is 11.3 Å². The molecule has 0 saturated carbocycles.